The Bertz CT molecular complexity index is 1590. The highest BCUT2D eigenvalue weighted by Crippen LogP contribution is 2.37. The van der Waals surface area contributed by atoms with Crippen LogP contribution in [0.3, 0.4) is 0 Å². The van der Waals surface area contributed by atoms with Crippen LogP contribution in [0, 0.1) is 11.7 Å². The minimum atomic E-state index is -4.81. The number of rotatable bonds is 9. The molecule has 1 atom stereocenters. The van der Waals surface area contributed by atoms with E-state index in [1.54, 1.807) is 41.1 Å². The molecule has 2 aromatic carbocycles. The molecule has 5 rings (SSSR count). The molecule has 3 N–H and O–H groups in total. The molecule has 1 amide bonds. The van der Waals surface area contributed by atoms with Crippen molar-refractivity contribution in [2.45, 2.75) is 44.4 Å². The molecule has 0 spiro atoms. The number of benzene rings is 2. The van der Waals surface area contributed by atoms with Gasteiger partial charge < -0.3 is 15.6 Å². The summed E-state index contributed by atoms with van der Waals surface area (Å²) in [5, 5.41) is 6.03. The van der Waals surface area contributed by atoms with Crippen molar-refractivity contribution in [2.75, 3.05) is 5.32 Å². The summed E-state index contributed by atoms with van der Waals surface area (Å²) in [6.07, 6.45) is 0.619. The molecule has 2 aromatic heterocycles. The van der Waals surface area contributed by atoms with Gasteiger partial charge in [-0.05, 0) is 60.2 Å². The largest absolute Gasteiger partial charge is 0.435 e. The average Bonchev–Trinajstić information content (AvgIpc) is 3.64. The molecule has 1 aliphatic rings. The molecule has 0 saturated heterocycles. The number of amides is 1. The number of carbonyl (C=O) groups is 1. The third-order valence-electron chi connectivity index (χ3n) is 6.98. The molecule has 2 heterocycles. The molecule has 0 bridgehead atoms. The summed E-state index contributed by atoms with van der Waals surface area (Å²) in [4.78, 5) is 25.9. The van der Waals surface area contributed by atoms with Crippen LogP contribution in [-0.4, -0.2) is 20.3 Å². The van der Waals surface area contributed by atoms with E-state index in [1.165, 1.54) is 30.3 Å². The van der Waals surface area contributed by atoms with E-state index < -0.39 is 35.3 Å². The molecule has 0 aliphatic heterocycles. The molecule has 7 nitrogen and oxygen atoms in total. The Morgan fingerprint density at radius 2 is 1.88 bits per heavy atom. The van der Waals surface area contributed by atoms with E-state index in [-0.39, 0.29) is 23.5 Å². The lowest BCUT2D eigenvalue weighted by Gasteiger charge is -2.21. The van der Waals surface area contributed by atoms with Crippen LogP contribution in [0.25, 0.3) is 5.69 Å². The van der Waals surface area contributed by atoms with E-state index in [2.05, 4.69) is 10.4 Å². The number of hydrogen-bond donors (Lipinski definition) is 2. The van der Waals surface area contributed by atoms with E-state index in [0.717, 1.165) is 23.9 Å². The number of aromatic nitrogens is 3. The summed E-state index contributed by atoms with van der Waals surface area (Å²) in [6.45, 7) is 0.132. The zero-order valence-corrected chi connectivity index (χ0v) is 21.4. The first-order valence-corrected chi connectivity index (χ1v) is 12.9. The molecule has 40 heavy (non-hydrogen) atoms. The van der Waals surface area contributed by atoms with Crippen LogP contribution in [0.5, 0.6) is 0 Å². The van der Waals surface area contributed by atoms with Crippen molar-refractivity contribution in [3.8, 4) is 5.69 Å². The van der Waals surface area contributed by atoms with E-state index in [9.17, 15) is 27.2 Å². The van der Waals surface area contributed by atoms with E-state index in [1.807, 2.05) is 0 Å². The summed E-state index contributed by atoms with van der Waals surface area (Å²) in [5.41, 5.74) is 4.93. The zero-order chi connectivity index (χ0) is 28.4. The lowest BCUT2D eigenvalue weighted by molar-refractivity contribution is -0.141. The Labute approximate surface area is 227 Å². The highest BCUT2D eigenvalue weighted by atomic mass is 19.4. The molecule has 0 radical (unpaired) electrons. The fraction of sp³-hybridized carbons (Fsp3) is 0.276. The topological polar surface area (TPSA) is 94.9 Å². The summed E-state index contributed by atoms with van der Waals surface area (Å²) in [6, 6.07) is 15.4. The minimum Gasteiger partial charge on any atom is -0.326 e. The third kappa shape index (κ3) is 5.99. The van der Waals surface area contributed by atoms with Crippen LogP contribution in [0.4, 0.5) is 23.2 Å². The van der Waals surface area contributed by atoms with Crippen LogP contribution in [0.15, 0.2) is 77.7 Å². The summed E-state index contributed by atoms with van der Waals surface area (Å²) in [7, 11) is 0. The predicted octanol–water partition coefficient (Wildman–Crippen LogP) is 5.68. The Morgan fingerprint density at radius 3 is 2.58 bits per heavy atom. The van der Waals surface area contributed by atoms with Gasteiger partial charge in [-0.2, -0.15) is 18.3 Å². The van der Waals surface area contributed by atoms with Crippen molar-refractivity contribution in [1.82, 2.24) is 14.3 Å². The van der Waals surface area contributed by atoms with E-state index >= 15 is 0 Å². The van der Waals surface area contributed by atoms with Crippen LogP contribution >= 0.6 is 0 Å². The average molecular weight is 554 g/mol. The van der Waals surface area contributed by atoms with Gasteiger partial charge in [0.25, 0.3) is 11.5 Å². The standard InChI is InChI=1S/C29H27F4N5O2/c30-22-11-10-20(24(12-9-18-7-8-18)37-13-2-1-6-27(37)39)15-23(22)35-28(40)25-16-26(29(31,32)33)36-38(25)21-5-3-4-19(14-21)17-34/h1-6,10-11,13-16,18,24H,7-9,12,17,34H2,(H,35,40). The maximum Gasteiger partial charge on any atom is 0.435 e. The summed E-state index contributed by atoms with van der Waals surface area (Å²) < 4.78 is 58.0. The smallest absolute Gasteiger partial charge is 0.326 e. The van der Waals surface area contributed by atoms with Gasteiger partial charge in [-0.15, -0.1) is 0 Å². The Balaban J connectivity index is 1.50. The maximum absolute atomic E-state index is 14.9. The number of nitrogens with two attached hydrogens (primary N) is 1. The van der Waals surface area contributed by atoms with Gasteiger partial charge in [0.2, 0.25) is 0 Å². The normalized spacial score (nSPS) is 14.2. The number of carbonyl (C=O) groups excluding carboxylic acids is 1. The second kappa shape index (κ2) is 11.1. The van der Waals surface area contributed by atoms with E-state index in [0.29, 0.717) is 29.5 Å². The molecular formula is C29H27F4N5O2. The highest BCUT2D eigenvalue weighted by molar-refractivity contribution is 6.03. The van der Waals surface area contributed by atoms with Gasteiger partial charge >= 0.3 is 6.18 Å². The molecule has 1 unspecified atom stereocenters. The van der Waals surface area contributed by atoms with Gasteiger partial charge in [-0.3, -0.25) is 9.59 Å². The summed E-state index contributed by atoms with van der Waals surface area (Å²) in [5.74, 6) is -1.17. The highest BCUT2D eigenvalue weighted by Gasteiger charge is 2.36. The molecule has 11 heteroatoms. The van der Waals surface area contributed by atoms with Crippen LogP contribution in [-0.2, 0) is 12.7 Å². The van der Waals surface area contributed by atoms with Gasteiger partial charge in [0.05, 0.1) is 17.4 Å². The fourth-order valence-electron chi connectivity index (χ4n) is 4.69. The second-order valence-corrected chi connectivity index (χ2v) is 9.87. The lowest BCUT2D eigenvalue weighted by atomic mass is 9.99. The van der Waals surface area contributed by atoms with Gasteiger partial charge in [0.15, 0.2) is 5.69 Å². The molecule has 1 aliphatic carbocycles. The van der Waals surface area contributed by atoms with Crippen LogP contribution in [0.1, 0.15) is 59.0 Å². The van der Waals surface area contributed by atoms with Crippen molar-refractivity contribution < 1.29 is 22.4 Å². The molecule has 4 aromatic rings. The predicted molar refractivity (Wildman–Crippen MR) is 142 cm³/mol. The first kappa shape index (κ1) is 27.3. The van der Waals surface area contributed by atoms with Gasteiger partial charge in [0, 0.05) is 24.9 Å². The van der Waals surface area contributed by atoms with Crippen molar-refractivity contribution in [3.05, 3.63) is 112 Å². The number of alkyl halides is 3. The van der Waals surface area contributed by atoms with Gasteiger partial charge in [-0.1, -0.05) is 37.1 Å². The van der Waals surface area contributed by atoms with Crippen LogP contribution in [0.2, 0.25) is 0 Å². The van der Waals surface area contributed by atoms with Crippen LogP contribution < -0.4 is 16.6 Å². The monoisotopic (exact) mass is 553 g/mol. The number of nitrogens with one attached hydrogen (secondary N) is 1. The number of nitrogens with zero attached hydrogens (tertiary/aromatic N) is 3. The maximum atomic E-state index is 14.9. The summed E-state index contributed by atoms with van der Waals surface area (Å²) >= 11 is 0. The fourth-order valence-corrected chi connectivity index (χ4v) is 4.69. The second-order valence-electron chi connectivity index (χ2n) is 9.87. The molecule has 1 fully saturated rings. The van der Waals surface area contributed by atoms with E-state index in [4.69, 9.17) is 5.73 Å². The van der Waals surface area contributed by atoms with Crippen molar-refractivity contribution in [3.63, 3.8) is 0 Å². The molecule has 1 saturated carbocycles. The quantitative estimate of drug-likeness (QED) is 0.261. The number of halogens is 4. The SMILES string of the molecule is NCc1cccc(-n2nc(C(F)(F)F)cc2C(=O)Nc2cc(C(CCC3CC3)n3ccccc3=O)ccc2F)c1. The van der Waals surface area contributed by atoms with Crippen molar-refractivity contribution >= 4 is 11.6 Å². The third-order valence-corrected chi connectivity index (χ3v) is 6.98. The Hall–Kier alpha value is -4.25. The Morgan fingerprint density at radius 1 is 1.07 bits per heavy atom. The van der Waals surface area contributed by atoms with Crippen molar-refractivity contribution in [2.24, 2.45) is 11.7 Å². The number of hydrogen-bond acceptors (Lipinski definition) is 4. The number of anilines is 1. The first-order chi connectivity index (χ1) is 19.1. The molecular weight excluding hydrogens is 526 g/mol. The van der Waals surface area contributed by atoms with Gasteiger partial charge in [-0.25, -0.2) is 9.07 Å². The minimum absolute atomic E-state index is 0.132. The van der Waals surface area contributed by atoms with Gasteiger partial charge in [0.1, 0.15) is 11.5 Å². The molecule has 208 valence electrons. The van der Waals surface area contributed by atoms with Crippen molar-refractivity contribution in [1.29, 1.82) is 0 Å². The lowest BCUT2D eigenvalue weighted by Crippen LogP contribution is -2.24. The first-order valence-electron chi connectivity index (χ1n) is 12.9. The number of pyridine rings is 1. The Kier molecular flexibility index (Phi) is 7.57. The zero-order valence-electron chi connectivity index (χ0n) is 21.4.